The van der Waals surface area contributed by atoms with Crippen LogP contribution in [-0.2, 0) is 32.7 Å². The number of hydrogen-bond acceptors (Lipinski definition) is 7. The second kappa shape index (κ2) is 67.5. The maximum atomic E-state index is 12.9. The molecule has 0 saturated carbocycles. The van der Waals surface area contributed by atoms with E-state index in [0.29, 0.717) is 17.4 Å². The van der Waals surface area contributed by atoms with Crippen LogP contribution in [0.3, 0.4) is 0 Å². The molecule has 0 bridgehead atoms. The zero-order chi connectivity index (χ0) is 64.1. The number of carbonyl (C=O) groups is 2. The van der Waals surface area contributed by atoms with Crippen molar-refractivity contribution < 1.29 is 42.1 Å². The van der Waals surface area contributed by atoms with Crippen molar-refractivity contribution in [3.63, 3.8) is 0 Å². The van der Waals surface area contributed by atoms with Gasteiger partial charge in [0.15, 0.2) is 6.10 Å². The maximum Gasteiger partial charge on any atom is 0.472 e. The summed E-state index contributed by atoms with van der Waals surface area (Å²) in [5.74, 6) is -0.795. The topological polar surface area (TPSA) is 108 Å². The number of ether oxygens (including phenoxy) is 2. The van der Waals surface area contributed by atoms with Crippen molar-refractivity contribution in [2.24, 2.45) is 0 Å². The second-order valence-corrected chi connectivity index (χ2v) is 26.3. The Hall–Kier alpha value is -3.85. The van der Waals surface area contributed by atoms with Gasteiger partial charge in [-0.15, -0.1) is 0 Å². The smallest absolute Gasteiger partial charge is 0.462 e. The first-order valence-corrected chi connectivity index (χ1v) is 37.4. The van der Waals surface area contributed by atoms with Crippen LogP contribution in [0.4, 0.5) is 0 Å². The highest BCUT2D eigenvalue weighted by Crippen LogP contribution is 2.43. The van der Waals surface area contributed by atoms with E-state index in [1.165, 1.54) is 154 Å². The van der Waals surface area contributed by atoms with E-state index < -0.39 is 26.5 Å². The Morgan fingerprint density at radius 1 is 0.352 bits per heavy atom. The molecule has 0 saturated heterocycles. The van der Waals surface area contributed by atoms with Gasteiger partial charge >= 0.3 is 19.8 Å². The summed E-state index contributed by atoms with van der Waals surface area (Å²) in [6, 6.07) is 0. The van der Waals surface area contributed by atoms with Gasteiger partial charge in [0.25, 0.3) is 0 Å². The summed E-state index contributed by atoms with van der Waals surface area (Å²) in [5.41, 5.74) is 0. The van der Waals surface area contributed by atoms with Crippen LogP contribution in [0.5, 0.6) is 0 Å². The van der Waals surface area contributed by atoms with E-state index in [2.05, 4.69) is 148 Å². The second-order valence-electron chi connectivity index (χ2n) is 24.9. The van der Waals surface area contributed by atoms with Crippen molar-refractivity contribution in [1.29, 1.82) is 0 Å². The van der Waals surface area contributed by atoms with Crippen LogP contribution in [0.15, 0.2) is 134 Å². The van der Waals surface area contributed by atoms with Crippen LogP contribution in [0, 0.1) is 0 Å². The number of hydrogen-bond donors (Lipinski definition) is 1. The van der Waals surface area contributed by atoms with Crippen molar-refractivity contribution in [2.45, 2.75) is 302 Å². The summed E-state index contributed by atoms with van der Waals surface area (Å²) in [4.78, 5) is 35.9. The number of phosphoric ester groups is 1. The number of quaternary nitrogens is 1. The Bertz CT molecular complexity index is 1950. The highest BCUT2D eigenvalue weighted by molar-refractivity contribution is 7.47. The van der Waals surface area contributed by atoms with Gasteiger partial charge in [-0.25, -0.2) is 4.57 Å². The fraction of sp³-hybridized carbons (Fsp3) is 0.692. The molecule has 0 aromatic heterocycles. The Balaban J connectivity index is 4.04. The first-order chi connectivity index (χ1) is 43.0. The molecule has 0 heterocycles. The molecule has 0 aliphatic rings. The van der Waals surface area contributed by atoms with Crippen molar-refractivity contribution in [3.05, 3.63) is 134 Å². The zero-order valence-electron chi connectivity index (χ0n) is 57.4. The van der Waals surface area contributed by atoms with E-state index in [9.17, 15) is 19.0 Å². The molecule has 0 fully saturated rings. The van der Waals surface area contributed by atoms with Crippen LogP contribution in [0.25, 0.3) is 0 Å². The Labute approximate surface area is 542 Å². The highest BCUT2D eigenvalue weighted by atomic mass is 31.2. The van der Waals surface area contributed by atoms with Gasteiger partial charge in [0, 0.05) is 12.8 Å². The molecule has 1 N–H and O–H groups in total. The minimum absolute atomic E-state index is 0.0274. The third kappa shape index (κ3) is 71.2. The lowest BCUT2D eigenvalue weighted by molar-refractivity contribution is -0.870. The van der Waals surface area contributed by atoms with Crippen LogP contribution >= 0.6 is 7.82 Å². The van der Waals surface area contributed by atoms with Crippen molar-refractivity contribution in [2.75, 3.05) is 47.5 Å². The molecule has 2 atom stereocenters. The lowest BCUT2D eigenvalue weighted by atomic mass is 10.0. The molecule has 0 aliphatic heterocycles. The van der Waals surface area contributed by atoms with Gasteiger partial charge in [-0.3, -0.25) is 18.6 Å². The van der Waals surface area contributed by atoms with Gasteiger partial charge in [0.05, 0.1) is 27.7 Å². The third-order valence-electron chi connectivity index (χ3n) is 15.2. The minimum atomic E-state index is -4.40. The van der Waals surface area contributed by atoms with Crippen molar-refractivity contribution in [1.82, 2.24) is 0 Å². The SMILES string of the molecule is CC/C=C\C/C=C\C/C=C\C/C=C\C/C=C\C/C=C\C/C=C\CCCCCCCCCCCCCCCCCC(=O)OC(COC(=O)CCCCCCCCCCCCCCCC/C=C\C/C=C\C/C=C\C/C=C\CC)COP(=O)(O)OCC[N+](C)(C)C. The maximum absolute atomic E-state index is 12.9. The van der Waals surface area contributed by atoms with Crippen LogP contribution in [0.1, 0.15) is 296 Å². The number of carbonyl (C=O) groups excluding carboxylic acids is 2. The molecule has 0 spiro atoms. The zero-order valence-corrected chi connectivity index (χ0v) is 58.3. The number of esters is 2. The van der Waals surface area contributed by atoms with E-state index >= 15 is 0 Å². The number of unbranched alkanes of at least 4 members (excludes halogenated alkanes) is 29. The van der Waals surface area contributed by atoms with Gasteiger partial charge in [0.1, 0.15) is 19.8 Å². The van der Waals surface area contributed by atoms with Crippen LogP contribution < -0.4 is 0 Å². The first kappa shape index (κ1) is 84.2. The van der Waals surface area contributed by atoms with Gasteiger partial charge in [-0.1, -0.05) is 308 Å². The van der Waals surface area contributed by atoms with Crippen molar-refractivity contribution >= 4 is 19.8 Å². The lowest BCUT2D eigenvalue weighted by Crippen LogP contribution is -2.37. The molecule has 0 aliphatic carbocycles. The van der Waals surface area contributed by atoms with E-state index in [1.807, 2.05) is 21.1 Å². The quantitative estimate of drug-likeness (QED) is 0.0211. The summed E-state index contributed by atoms with van der Waals surface area (Å²) in [5, 5.41) is 0. The molecule has 0 rings (SSSR count). The van der Waals surface area contributed by atoms with E-state index in [1.54, 1.807) is 0 Å². The number of likely N-dealkylation sites (N-methyl/N-ethyl adjacent to an activating group) is 1. The third-order valence-corrected chi connectivity index (χ3v) is 16.2. The molecular weight excluding hydrogens is 1110 g/mol. The summed E-state index contributed by atoms with van der Waals surface area (Å²) >= 11 is 0. The van der Waals surface area contributed by atoms with Crippen molar-refractivity contribution in [3.8, 4) is 0 Å². The fourth-order valence-electron chi connectivity index (χ4n) is 9.75. The fourth-order valence-corrected chi connectivity index (χ4v) is 10.5. The molecular formula is C78H135NO8P+. The monoisotopic (exact) mass is 1240 g/mol. The molecule has 0 aromatic carbocycles. The van der Waals surface area contributed by atoms with Crippen LogP contribution in [0.2, 0.25) is 0 Å². The number of rotatable bonds is 65. The average Bonchev–Trinajstić information content (AvgIpc) is 3.68. The van der Waals surface area contributed by atoms with E-state index in [0.717, 1.165) is 109 Å². The molecule has 0 amide bonds. The Morgan fingerprint density at radius 3 is 0.909 bits per heavy atom. The van der Waals surface area contributed by atoms with E-state index in [4.69, 9.17) is 18.5 Å². The summed E-state index contributed by atoms with van der Waals surface area (Å²) < 4.78 is 34.8. The molecule has 10 heteroatoms. The summed E-state index contributed by atoms with van der Waals surface area (Å²) in [7, 11) is 1.47. The highest BCUT2D eigenvalue weighted by Gasteiger charge is 2.27. The number of nitrogens with zero attached hydrogens (tertiary/aromatic N) is 1. The molecule has 88 heavy (non-hydrogen) atoms. The Morgan fingerprint density at radius 2 is 0.614 bits per heavy atom. The number of phosphoric acid groups is 1. The lowest BCUT2D eigenvalue weighted by Gasteiger charge is -2.24. The molecule has 2 unspecified atom stereocenters. The molecule has 0 aromatic rings. The predicted octanol–water partition coefficient (Wildman–Crippen LogP) is 23.6. The Kier molecular flexibility index (Phi) is 64.6. The van der Waals surface area contributed by atoms with Gasteiger partial charge in [-0.05, 0) is 109 Å². The van der Waals surface area contributed by atoms with E-state index in [-0.39, 0.29) is 32.0 Å². The van der Waals surface area contributed by atoms with Gasteiger partial charge in [-0.2, -0.15) is 0 Å². The largest absolute Gasteiger partial charge is 0.472 e. The van der Waals surface area contributed by atoms with Gasteiger partial charge in [0.2, 0.25) is 0 Å². The number of allylic oxidation sites excluding steroid dienone is 22. The van der Waals surface area contributed by atoms with Crippen LogP contribution in [-0.4, -0.2) is 74.9 Å². The average molecular weight is 1250 g/mol. The standard InChI is InChI=1S/C78H134NO8P/c1-6-8-10-12-14-16-18-20-22-24-26-28-30-32-34-35-36-37-38-39-40-41-42-43-45-47-49-51-53-55-57-59-61-63-65-67-69-71-78(81)87-76(75-86-88(82,83)85-73-72-79(3,4)5)74-84-77(80)70-68-66-64-62-60-58-56-54-52-50-48-46-44-33-31-29-27-25-23-21-19-17-15-13-11-9-7-2/h8-11,14-17,20-23,26-29,32,34,36-37,39-40,76H,6-7,12-13,18-19,24-25,30-31,33,35,38,41-75H2,1-5H3/p+1/b10-8-,11-9-,16-14-,17-15-,22-20-,23-21-,28-26-,29-27-,34-32-,37-36-,40-39-. The molecule has 0 radical (unpaired) electrons. The minimum Gasteiger partial charge on any atom is -0.462 e. The normalized spacial score (nSPS) is 13.9. The molecule has 9 nitrogen and oxygen atoms in total. The predicted molar refractivity (Wildman–Crippen MR) is 381 cm³/mol. The summed E-state index contributed by atoms with van der Waals surface area (Å²) in [6.07, 6.45) is 98.4. The summed E-state index contributed by atoms with van der Waals surface area (Å²) in [6.45, 7) is 4.23. The molecule has 504 valence electrons. The van der Waals surface area contributed by atoms with Gasteiger partial charge < -0.3 is 18.9 Å². The first-order valence-electron chi connectivity index (χ1n) is 35.9.